The van der Waals surface area contributed by atoms with Crippen LogP contribution in [0.15, 0.2) is 24.3 Å². The van der Waals surface area contributed by atoms with E-state index >= 15 is 0 Å². The number of hydrogen-bond acceptors (Lipinski definition) is 3. The highest BCUT2D eigenvalue weighted by atomic mass is 16.5. The number of carbonyl (C=O) groups excluding carboxylic acids is 1. The second-order valence-electron chi connectivity index (χ2n) is 5.41. The van der Waals surface area contributed by atoms with Crippen molar-refractivity contribution >= 4 is 5.91 Å². The molecule has 1 amide bonds. The number of likely N-dealkylation sites (tertiary alicyclic amines) is 1. The number of rotatable bonds is 4. The Balaban J connectivity index is 2.02. The Morgan fingerprint density at radius 3 is 3.00 bits per heavy atom. The fraction of sp³-hybridized carbons (Fsp3) is 0.562. The van der Waals surface area contributed by atoms with Gasteiger partial charge in [-0.1, -0.05) is 19.1 Å². The second kappa shape index (κ2) is 6.75. The van der Waals surface area contributed by atoms with Gasteiger partial charge in [0.05, 0.1) is 6.10 Å². The summed E-state index contributed by atoms with van der Waals surface area (Å²) >= 11 is 0. The van der Waals surface area contributed by atoms with Crippen molar-refractivity contribution in [2.45, 2.75) is 45.3 Å². The Hall–Kier alpha value is -1.55. The molecule has 2 rings (SSSR count). The van der Waals surface area contributed by atoms with Gasteiger partial charge in [0.15, 0.2) is 6.10 Å². The molecular formula is C16H23NO3. The number of piperidine rings is 1. The van der Waals surface area contributed by atoms with Crippen LogP contribution in [0, 0.1) is 6.92 Å². The minimum absolute atomic E-state index is 0.0206. The van der Waals surface area contributed by atoms with Gasteiger partial charge < -0.3 is 14.7 Å². The van der Waals surface area contributed by atoms with Crippen LogP contribution in [-0.2, 0) is 4.79 Å². The molecule has 20 heavy (non-hydrogen) atoms. The molecule has 1 saturated heterocycles. The summed E-state index contributed by atoms with van der Waals surface area (Å²) in [6.45, 7) is 5.07. The molecule has 1 aliphatic heterocycles. The highest BCUT2D eigenvalue weighted by molar-refractivity contribution is 5.81. The first-order valence-corrected chi connectivity index (χ1v) is 7.30. The fourth-order valence-corrected chi connectivity index (χ4v) is 2.52. The molecule has 2 unspecified atom stereocenters. The lowest BCUT2D eigenvalue weighted by Gasteiger charge is -2.32. The van der Waals surface area contributed by atoms with Crippen LogP contribution in [0.4, 0.5) is 0 Å². The molecule has 0 spiro atoms. The van der Waals surface area contributed by atoms with Crippen molar-refractivity contribution in [1.29, 1.82) is 0 Å². The first-order chi connectivity index (χ1) is 9.60. The Morgan fingerprint density at radius 2 is 2.35 bits per heavy atom. The number of aryl methyl sites for hydroxylation is 1. The summed E-state index contributed by atoms with van der Waals surface area (Å²) in [6.07, 6.45) is 1.39. The van der Waals surface area contributed by atoms with Gasteiger partial charge in [0.2, 0.25) is 0 Å². The normalized spacial score (nSPS) is 20.6. The van der Waals surface area contributed by atoms with Crippen LogP contribution in [0.5, 0.6) is 5.75 Å². The average Bonchev–Trinajstić information content (AvgIpc) is 2.44. The van der Waals surface area contributed by atoms with Crippen LogP contribution in [0.3, 0.4) is 0 Å². The molecule has 110 valence electrons. The molecule has 1 N–H and O–H groups in total. The van der Waals surface area contributed by atoms with Crippen molar-refractivity contribution in [3.8, 4) is 5.75 Å². The maximum atomic E-state index is 12.5. The van der Waals surface area contributed by atoms with Crippen molar-refractivity contribution < 1.29 is 14.6 Å². The molecule has 2 atom stereocenters. The molecule has 0 aromatic heterocycles. The van der Waals surface area contributed by atoms with E-state index in [4.69, 9.17) is 4.74 Å². The molecule has 4 nitrogen and oxygen atoms in total. The zero-order valence-corrected chi connectivity index (χ0v) is 12.2. The molecule has 1 aliphatic rings. The van der Waals surface area contributed by atoms with E-state index in [2.05, 4.69) is 0 Å². The van der Waals surface area contributed by atoms with E-state index < -0.39 is 12.2 Å². The van der Waals surface area contributed by atoms with E-state index in [-0.39, 0.29) is 5.91 Å². The molecule has 0 bridgehead atoms. The van der Waals surface area contributed by atoms with Crippen LogP contribution in [0.2, 0.25) is 0 Å². The Labute approximate surface area is 120 Å². The Kier molecular flexibility index (Phi) is 5.01. The molecule has 1 fully saturated rings. The summed E-state index contributed by atoms with van der Waals surface area (Å²) in [5, 5.41) is 9.67. The van der Waals surface area contributed by atoms with Crippen molar-refractivity contribution in [3.05, 3.63) is 29.8 Å². The lowest BCUT2D eigenvalue weighted by Crippen LogP contribution is -2.48. The smallest absolute Gasteiger partial charge is 0.263 e. The molecule has 1 aromatic carbocycles. The minimum Gasteiger partial charge on any atom is -0.481 e. The molecular weight excluding hydrogens is 254 g/mol. The molecule has 0 aliphatic carbocycles. The summed E-state index contributed by atoms with van der Waals surface area (Å²) in [4.78, 5) is 14.2. The van der Waals surface area contributed by atoms with Gasteiger partial charge in [0.1, 0.15) is 5.75 Å². The zero-order chi connectivity index (χ0) is 14.5. The lowest BCUT2D eigenvalue weighted by atomic mass is 10.1. The molecule has 1 aromatic rings. The van der Waals surface area contributed by atoms with E-state index in [9.17, 15) is 9.90 Å². The quantitative estimate of drug-likeness (QED) is 0.917. The Bertz CT molecular complexity index is 461. The number of ether oxygens (including phenoxy) is 1. The van der Waals surface area contributed by atoms with Crippen LogP contribution in [-0.4, -0.2) is 41.2 Å². The SMILES string of the molecule is CCC(Oc1cccc(C)c1)C(=O)N1CCCC(O)C1. The third-order valence-electron chi connectivity index (χ3n) is 3.62. The predicted molar refractivity (Wildman–Crippen MR) is 77.7 cm³/mol. The van der Waals surface area contributed by atoms with Gasteiger partial charge in [-0.15, -0.1) is 0 Å². The molecule has 0 saturated carbocycles. The van der Waals surface area contributed by atoms with Gasteiger partial charge in [0, 0.05) is 13.1 Å². The van der Waals surface area contributed by atoms with Gasteiger partial charge in [-0.3, -0.25) is 4.79 Å². The summed E-state index contributed by atoms with van der Waals surface area (Å²) in [5.41, 5.74) is 1.11. The third kappa shape index (κ3) is 3.73. The first-order valence-electron chi connectivity index (χ1n) is 7.30. The maximum Gasteiger partial charge on any atom is 0.263 e. The van der Waals surface area contributed by atoms with E-state index in [0.717, 1.165) is 24.2 Å². The number of benzene rings is 1. The molecule has 0 radical (unpaired) electrons. The highest BCUT2D eigenvalue weighted by Crippen LogP contribution is 2.18. The van der Waals surface area contributed by atoms with Crippen LogP contribution >= 0.6 is 0 Å². The average molecular weight is 277 g/mol. The van der Waals surface area contributed by atoms with Crippen molar-refractivity contribution in [2.24, 2.45) is 0 Å². The third-order valence-corrected chi connectivity index (χ3v) is 3.62. The topological polar surface area (TPSA) is 49.8 Å². The second-order valence-corrected chi connectivity index (χ2v) is 5.41. The van der Waals surface area contributed by atoms with Gasteiger partial charge >= 0.3 is 0 Å². The van der Waals surface area contributed by atoms with Crippen molar-refractivity contribution in [2.75, 3.05) is 13.1 Å². The molecule has 1 heterocycles. The fourth-order valence-electron chi connectivity index (χ4n) is 2.52. The summed E-state index contributed by atoms with van der Waals surface area (Å²) in [5.74, 6) is 0.704. The maximum absolute atomic E-state index is 12.5. The van der Waals surface area contributed by atoms with E-state index in [1.807, 2.05) is 38.1 Å². The lowest BCUT2D eigenvalue weighted by molar-refractivity contribution is -0.141. The van der Waals surface area contributed by atoms with Gasteiger partial charge in [0.25, 0.3) is 5.91 Å². The molecule has 4 heteroatoms. The number of aliphatic hydroxyl groups excluding tert-OH is 1. The van der Waals surface area contributed by atoms with Gasteiger partial charge in [-0.25, -0.2) is 0 Å². The Morgan fingerprint density at radius 1 is 1.55 bits per heavy atom. The number of aliphatic hydroxyl groups is 1. The number of β-amino-alcohol motifs (C(OH)–C–C–N with tert-alkyl or cyclic N) is 1. The predicted octanol–water partition coefficient (Wildman–Crippen LogP) is 2.14. The monoisotopic (exact) mass is 277 g/mol. The first kappa shape index (κ1) is 14.9. The van der Waals surface area contributed by atoms with Crippen LogP contribution in [0.25, 0.3) is 0 Å². The van der Waals surface area contributed by atoms with E-state index in [0.29, 0.717) is 19.5 Å². The zero-order valence-electron chi connectivity index (χ0n) is 12.2. The standard InChI is InChI=1S/C16H23NO3/c1-3-15(20-14-8-4-6-12(2)10-14)16(19)17-9-5-7-13(18)11-17/h4,6,8,10,13,15,18H,3,5,7,9,11H2,1-2H3. The van der Waals surface area contributed by atoms with E-state index in [1.54, 1.807) is 4.90 Å². The number of amides is 1. The highest BCUT2D eigenvalue weighted by Gasteiger charge is 2.28. The summed E-state index contributed by atoms with van der Waals surface area (Å²) in [6, 6.07) is 7.72. The number of carbonyl (C=O) groups is 1. The van der Waals surface area contributed by atoms with E-state index in [1.165, 1.54) is 0 Å². The van der Waals surface area contributed by atoms with Gasteiger partial charge in [-0.05, 0) is 43.9 Å². The minimum atomic E-state index is -0.470. The van der Waals surface area contributed by atoms with Gasteiger partial charge in [-0.2, -0.15) is 0 Å². The van der Waals surface area contributed by atoms with Crippen LogP contribution < -0.4 is 4.74 Å². The number of nitrogens with zero attached hydrogens (tertiary/aromatic N) is 1. The van der Waals surface area contributed by atoms with Crippen molar-refractivity contribution in [1.82, 2.24) is 4.90 Å². The number of hydrogen-bond donors (Lipinski definition) is 1. The summed E-state index contributed by atoms with van der Waals surface area (Å²) in [7, 11) is 0. The largest absolute Gasteiger partial charge is 0.481 e. The van der Waals surface area contributed by atoms with Crippen LogP contribution in [0.1, 0.15) is 31.7 Å². The van der Waals surface area contributed by atoms with Crippen molar-refractivity contribution in [3.63, 3.8) is 0 Å². The summed E-state index contributed by atoms with van der Waals surface area (Å²) < 4.78 is 5.82.